The van der Waals surface area contributed by atoms with Gasteiger partial charge in [-0.25, -0.2) is 9.78 Å². The number of aryl methyl sites for hydroxylation is 2. The molecule has 0 unspecified atom stereocenters. The Morgan fingerprint density at radius 1 is 1.09 bits per heavy atom. The lowest BCUT2D eigenvalue weighted by Gasteiger charge is -2.15. The number of hydrogen-bond acceptors (Lipinski definition) is 4. The molecule has 1 aromatic heterocycles. The Bertz CT molecular complexity index is 1340. The van der Waals surface area contributed by atoms with E-state index in [1.54, 1.807) is 24.3 Å². The highest BCUT2D eigenvalue weighted by Crippen LogP contribution is 2.35. The number of phenols is 1. The van der Waals surface area contributed by atoms with Crippen LogP contribution < -0.4 is 4.74 Å². The number of phenolic OH excluding ortho intramolecular Hbond substituents is 1. The molecule has 4 aromatic rings. The summed E-state index contributed by atoms with van der Waals surface area (Å²) in [5, 5.41) is 19.9. The maximum absolute atomic E-state index is 11.7. The van der Waals surface area contributed by atoms with Crippen molar-refractivity contribution in [2.24, 2.45) is 5.92 Å². The molecule has 3 aromatic carbocycles. The molecule has 0 saturated carbocycles. The summed E-state index contributed by atoms with van der Waals surface area (Å²) in [6, 6.07) is 16.5. The molecule has 0 amide bonds. The van der Waals surface area contributed by atoms with Crippen molar-refractivity contribution in [1.29, 1.82) is 0 Å². The van der Waals surface area contributed by atoms with Crippen molar-refractivity contribution >= 4 is 17.0 Å². The molecule has 2 N–H and O–H groups in total. The highest BCUT2D eigenvalue weighted by molar-refractivity contribution is 5.96. The van der Waals surface area contributed by atoms with Crippen LogP contribution in [0.15, 0.2) is 54.6 Å². The maximum Gasteiger partial charge on any atom is 0.336 e. The van der Waals surface area contributed by atoms with Crippen LogP contribution in [0.4, 0.5) is 0 Å². The first-order valence-electron chi connectivity index (χ1n) is 11.0. The standard InChI is InChI=1S/C27H28N2O4/c1-16(2)9-12-26-28-22-14-24(30)25(33-4)15-23(22)29(26)18-10-11-19(17(3)13-18)20-7-5-6-8-21(20)27(31)32/h5-8,10-11,13-16,30H,9,12H2,1-4H3,(H,31,32). The summed E-state index contributed by atoms with van der Waals surface area (Å²) in [4.78, 5) is 16.5. The first-order chi connectivity index (χ1) is 15.8. The number of carboxylic acids is 1. The molecule has 0 radical (unpaired) electrons. The predicted octanol–water partition coefficient (Wildman–Crippen LogP) is 6.00. The van der Waals surface area contributed by atoms with E-state index in [4.69, 9.17) is 9.72 Å². The minimum atomic E-state index is -0.947. The van der Waals surface area contributed by atoms with Crippen LogP contribution in [0.25, 0.3) is 27.8 Å². The number of methoxy groups -OCH3 is 1. The predicted molar refractivity (Wildman–Crippen MR) is 130 cm³/mol. The van der Waals surface area contributed by atoms with Crippen LogP contribution >= 0.6 is 0 Å². The molecule has 0 aliphatic heterocycles. The minimum Gasteiger partial charge on any atom is -0.504 e. The van der Waals surface area contributed by atoms with E-state index in [2.05, 4.69) is 18.4 Å². The van der Waals surface area contributed by atoms with Gasteiger partial charge in [-0.2, -0.15) is 0 Å². The van der Waals surface area contributed by atoms with E-state index in [9.17, 15) is 15.0 Å². The molecule has 0 aliphatic carbocycles. The number of aromatic nitrogens is 2. The Hall–Kier alpha value is -3.80. The molecular weight excluding hydrogens is 416 g/mol. The third kappa shape index (κ3) is 4.29. The number of rotatable bonds is 7. The number of benzene rings is 3. The van der Waals surface area contributed by atoms with Gasteiger partial charge in [-0.3, -0.25) is 4.57 Å². The van der Waals surface area contributed by atoms with Gasteiger partial charge in [0.25, 0.3) is 0 Å². The summed E-state index contributed by atoms with van der Waals surface area (Å²) < 4.78 is 7.44. The summed E-state index contributed by atoms with van der Waals surface area (Å²) in [6.45, 7) is 6.35. The lowest BCUT2D eigenvalue weighted by atomic mass is 9.95. The van der Waals surface area contributed by atoms with Crippen LogP contribution in [0.5, 0.6) is 11.5 Å². The summed E-state index contributed by atoms with van der Waals surface area (Å²) >= 11 is 0. The Kier molecular flexibility index (Phi) is 6.09. The Labute approximate surface area is 193 Å². The zero-order chi connectivity index (χ0) is 23.7. The SMILES string of the molecule is COc1cc2c(cc1O)nc(CCC(C)C)n2-c1ccc(-c2ccccc2C(=O)O)c(C)c1. The fourth-order valence-electron chi connectivity index (χ4n) is 4.17. The van der Waals surface area contributed by atoms with Crippen LogP contribution in [0.1, 0.15) is 42.0 Å². The Morgan fingerprint density at radius 2 is 1.85 bits per heavy atom. The normalized spacial score (nSPS) is 11.3. The van der Waals surface area contributed by atoms with E-state index in [0.717, 1.165) is 41.0 Å². The van der Waals surface area contributed by atoms with Gasteiger partial charge in [0.15, 0.2) is 11.5 Å². The molecule has 33 heavy (non-hydrogen) atoms. The molecule has 170 valence electrons. The third-order valence-corrected chi connectivity index (χ3v) is 5.89. The smallest absolute Gasteiger partial charge is 0.336 e. The number of carbonyl (C=O) groups is 1. The first-order valence-corrected chi connectivity index (χ1v) is 11.0. The quantitative estimate of drug-likeness (QED) is 0.365. The van der Waals surface area contributed by atoms with Crippen LogP contribution in [-0.4, -0.2) is 32.8 Å². The van der Waals surface area contributed by atoms with Gasteiger partial charge in [0, 0.05) is 24.2 Å². The van der Waals surface area contributed by atoms with Gasteiger partial charge >= 0.3 is 5.97 Å². The van der Waals surface area contributed by atoms with Crippen molar-refractivity contribution in [3.63, 3.8) is 0 Å². The highest BCUT2D eigenvalue weighted by atomic mass is 16.5. The lowest BCUT2D eigenvalue weighted by molar-refractivity contribution is 0.0697. The number of aromatic carboxylic acids is 1. The molecule has 0 spiro atoms. The molecule has 4 rings (SSSR count). The average molecular weight is 445 g/mol. The number of fused-ring (bicyclic) bond motifs is 1. The Morgan fingerprint density at radius 3 is 2.52 bits per heavy atom. The molecule has 0 aliphatic rings. The fourth-order valence-corrected chi connectivity index (χ4v) is 4.17. The van der Waals surface area contributed by atoms with Gasteiger partial charge in [-0.1, -0.05) is 38.1 Å². The van der Waals surface area contributed by atoms with E-state index < -0.39 is 5.97 Å². The van der Waals surface area contributed by atoms with Crippen LogP contribution in [0, 0.1) is 12.8 Å². The summed E-state index contributed by atoms with van der Waals surface area (Å²) in [5.74, 6) is 0.935. The van der Waals surface area contributed by atoms with Gasteiger partial charge in [-0.15, -0.1) is 0 Å². The monoisotopic (exact) mass is 444 g/mol. The van der Waals surface area contributed by atoms with Crippen molar-refractivity contribution in [3.8, 4) is 28.3 Å². The number of ether oxygens (including phenoxy) is 1. The molecule has 6 nitrogen and oxygen atoms in total. The maximum atomic E-state index is 11.7. The van der Waals surface area contributed by atoms with Crippen molar-refractivity contribution in [3.05, 3.63) is 71.5 Å². The highest BCUT2D eigenvalue weighted by Gasteiger charge is 2.18. The van der Waals surface area contributed by atoms with E-state index in [1.807, 2.05) is 37.3 Å². The van der Waals surface area contributed by atoms with Gasteiger partial charge in [0.1, 0.15) is 5.82 Å². The fraction of sp³-hybridized carbons (Fsp3) is 0.259. The number of carboxylic acid groups (broad SMARTS) is 1. The minimum absolute atomic E-state index is 0.0573. The molecule has 6 heteroatoms. The van der Waals surface area contributed by atoms with E-state index in [0.29, 0.717) is 22.7 Å². The van der Waals surface area contributed by atoms with Crippen LogP contribution in [-0.2, 0) is 6.42 Å². The van der Waals surface area contributed by atoms with Crippen molar-refractivity contribution < 1.29 is 19.7 Å². The summed E-state index contributed by atoms with van der Waals surface area (Å²) in [7, 11) is 1.53. The number of nitrogens with zero attached hydrogens (tertiary/aromatic N) is 2. The number of aromatic hydroxyl groups is 1. The van der Waals surface area contributed by atoms with Crippen LogP contribution in [0.2, 0.25) is 0 Å². The topological polar surface area (TPSA) is 84.6 Å². The second-order valence-electron chi connectivity index (χ2n) is 8.66. The van der Waals surface area contributed by atoms with E-state index in [-0.39, 0.29) is 11.3 Å². The van der Waals surface area contributed by atoms with Crippen molar-refractivity contribution in [2.45, 2.75) is 33.6 Å². The van der Waals surface area contributed by atoms with Gasteiger partial charge in [-0.05, 0) is 54.2 Å². The third-order valence-electron chi connectivity index (χ3n) is 5.89. The summed E-state index contributed by atoms with van der Waals surface area (Å²) in [5.41, 5.74) is 5.28. The van der Waals surface area contributed by atoms with E-state index >= 15 is 0 Å². The lowest BCUT2D eigenvalue weighted by Crippen LogP contribution is -2.04. The zero-order valence-electron chi connectivity index (χ0n) is 19.3. The second kappa shape index (κ2) is 8.98. The molecular formula is C27H28N2O4. The first kappa shape index (κ1) is 22.4. The van der Waals surface area contributed by atoms with E-state index in [1.165, 1.54) is 7.11 Å². The number of imidazole rings is 1. The van der Waals surface area contributed by atoms with Crippen molar-refractivity contribution in [1.82, 2.24) is 9.55 Å². The molecule has 0 atom stereocenters. The Balaban J connectivity index is 1.88. The van der Waals surface area contributed by atoms with Gasteiger partial charge in [0.2, 0.25) is 0 Å². The van der Waals surface area contributed by atoms with Crippen molar-refractivity contribution in [2.75, 3.05) is 7.11 Å². The average Bonchev–Trinajstić information content (AvgIpc) is 3.13. The zero-order valence-corrected chi connectivity index (χ0v) is 19.3. The largest absolute Gasteiger partial charge is 0.504 e. The second-order valence-corrected chi connectivity index (χ2v) is 8.66. The number of hydrogen-bond donors (Lipinski definition) is 2. The van der Waals surface area contributed by atoms with Gasteiger partial charge in [0.05, 0.1) is 23.7 Å². The summed E-state index contributed by atoms with van der Waals surface area (Å²) in [6.07, 6.45) is 1.77. The molecule has 0 saturated heterocycles. The van der Waals surface area contributed by atoms with Gasteiger partial charge < -0.3 is 14.9 Å². The molecule has 1 heterocycles. The van der Waals surface area contributed by atoms with Crippen LogP contribution in [0.3, 0.4) is 0 Å². The molecule has 0 fully saturated rings. The molecule has 0 bridgehead atoms.